The molecule has 0 bridgehead atoms. The Bertz CT molecular complexity index is 699. The van der Waals surface area contributed by atoms with Gasteiger partial charge in [0.2, 0.25) is 0 Å². The quantitative estimate of drug-likeness (QED) is 0.693. The molecule has 0 unspecified atom stereocenters. The lowest BCUT2D eigenvalue weighted by molar-refractivity contribution is 0.218. The highest BCUT2D eigenvalue weighted by Gasteiger charge is 2.21. The number of rotatable bonds is 3. The first-order valence-corrected chi connectivity index (χ1v) is 8.11. The summed E-state index contributed by atoms with van der Waals surface area (Å²) in [6, 6.07) is 16.4. The third kappa shape index (κ3) is 3.32. The maximum absolute atomic E-state index is 11.5. The summed E-state index contributed by atoms with van der Waals surface area (Å²) in [5.41, 5.74) is 4.80. The summed E-state index contributed by atoms with van der Waals surface area (Å²) in [5, 5.41) is 4.02. The van der Waals surface area contributed by atoms with Crippen molar-refractivity contribution < 1.29 is 4.79 Å². The predicted molar refractivity (Wildman–Crippen MR) is 94.7 cm³/mol. The van der Waals surface area contributed by atoms with Gasteiger partial charge in [-0.05, 0) is 24.3 Å². The number of benzene rings is 2. The zero-order valence-electron chi connectivity index (χ0n) is 13.1. The molecule has 0 fully saturated rings. The van der Waals surface area contributed by atoms with Crippen LogP contribution in [0.2, 0.25) is 0 Å². The summed E-state index contributed by atoms with van der Waals surface area (Å²) < 4.78 is 0. The average Bonchev–Trinajstić information content (AvgIpc) is 2.57. The van der Waals surface area contributed by atoms with Gasteiger partial charge in [-0.3, -0.25) is 0 Å². The Hall–Kier alpha value is -2.47. The number of carbonyl (C=O) groups is 1. The summed E-state index contributed by atoms with van der Waals surface area (Å²) in [5.74, 6) is 0. The number of nitrogens with zero attached hydrogens (tertiary/aromatic N) is 3. The van der Waals surface area contributed by atoms with Crippen LogP contribution in [0.25, 0.3) is 0 Å². The largest absolute Gasteiger partial charge is 0.337 e. The Morgan fingerprint density at radius 1 is 1.13 bits per heavy atom. The van der Waals surface area contributed by atoms with Crippen molar-refractivity contribution in [3.8, 4) is 0 Å². The lowest BCUT2D eigenvalue weighted by Gasteiger charge is -2.31. The molecule has 23 heavy (non-hydrogen) atoms. The number of hydrogen-bond acceptors (Lipinski definition) is 4. The molecule has 0 spiro atoms. The molecular formula is C17H18N4OS. The van der Waals surface area contributed by atoms with Crippen molar-refractivity contribution in [1.29, 1.82) is 0 Å². The van der Waals surface area contributed by atoms with Gasteiger partial charge in [0.05, 0.1) is 17.9 Å². The van der Waals surface area contributed by atoms with Crippen LogP contribution in [-0.2, 0) is 0 Å². The van der Waals surface area contributed by atoms with Crippen molar-refractivity contribution >= 4 is 35.4 Å². The van der Waals surface area contributed by atoms with Crippen LogP contribution in [0.5, 0.6) is 0 Å². The zero-order chi connectivity index (χ0) is 16.2. The molecule has 6 heteroatoms. The van der Waals surface area contributed by atoms with E-state index in [1.165, 1.54) is 14.7 Å². The molecule has 2 aromatic rings. The molecule has 0 aromatic heterocycles. The van der Waals surface area contributed by atoms with Gasteiger partial charge in [-0.15, -0.1) is 0 Å². The first kappa shape index (κ1) is 15.4. The number of urea groups is 1. The van der Waals surface area contributed by atoms with Crippen LogP contribution in [0.3, 0.4) is 0 Å². The molecule has 5 nitrogen and oxygen atoms in total. The lowest BCUT2D eigenvalue weighted by atomic mass is 10.2. The van der Waals surface area contributed by atoms with Gasteiger partial charge in [0, 0.05) is 30.1 Å². The minimum Gasteiger partial charge on any atom is -0.334 e. The molecule has 0 saturated carbocycles. The molecule has 2 aromatic carbocycles. The second-order valence-corrected chi connectivity index (χ2v) is 6.35. The van der Waals surface area contributed by atoms with E-state index in [1.807, 2.05) is 24.3 Å². The molecule has 1 N–H and O–H groups in total. The van der Waals surface area contributed by atoms with Crippen LogP contribution in [0.15, 0.2) is 63.4 Å². The lowest BCUT2D eigenvalue weighted by Crippen LogP contribution is -2.31. The van der Waals surface area contributed by atoms with Gasteiger partial charge < -0.3 is 9.80 Å². The van der Waals surface area contributed by atoms with E-state index in [2.05, 4.69) is 39.7 Å². The second-order valence-electron chi connectivity index (χ2n) is 5.27. The SMILES string of the molecule is CN(C)C(=O)N/N=C/CN1c2ccccc2Sc2ccccc21. The molecule has 1 heterocycles. The van der Waals surface area contributed by atoms with E-state index >= 15 is 0 Å². The van der Waals surface area contributed by atoms with Crippen LogP contribution in [-0.4, -0.2) is 37.8 Å². The van der Waals surface area contributed by atoms with E-state index in [0.717, 1.165) is 11.4 Å². The highest BCUT2D eigenvalue weighted by molar-refractivity contribution is 7.99. The maximum Gasteiger partial charge on any atom is 0.337 e. The van der Waals surface area contributed by atoms with Gasteiger partial charge >= 0.3 is 6.03 Å². The summed E-state index contributed by atoms with van der Waals surface area (Å²) in [4.78, 5) is 17.6. The highest BCUT2D eigenvalue weighted by Crippen LogP contribution is 2.47. The van der Waals surface area contributed by atoms with Crippen molar-refractivity contribution in [2.75, 3.05) is 25.5 Å². The molecule has 1 aliphatic heterocycles. The first-order chi connectivity index (χ1) is 11.2. The summed E-state index contributed by atoms with van der Waals surface area (Å²) in [7, 11) is 3.36. The average molecular weight is 326 g/mol. The fourth-order valence-corrected chi connectivity index (χ4v) is 3.40. The van der Waals surface area contributed by atoms with Crippen molar-refractivity contribution in [3.05, 3.63) is 48.5 Å². The summed E-state index contributed by atoms with van der Waals surface area (Å²) in [6.45, 7) is 0.586. The summed E-state index contributed by atoms with van der Waals surface area (Å²) in [6.07, 6.45) is 1.71. The van der Waals surface area contributed by atoms with Gasteiger partial charge in [-0.25, -0.2) is 10.2 Å². The Balaban J connectivity index is 1.81. The van der Waals surface area contributed by atoms with Gasteiger partial charge in [-0.2, -0.15) is 5.10 Å². The van der Waals surface area contributed by atoms with Crippen LogP contribution in [0.4, 0.5) is 16.2 Å². The van der Waals surface area contributed by atoms with Crippen LogP contribution in [0, 0.1) is 0 Å². The predicted octanol–water partition coefficient (Wildman–Crippen LogP) is 3.55. The highest BCUT2D eigenvalue weighted by atomic mass is 32.2. The van der Waals surface area contributed by atoms with E-state index in [9.17, 15) is 4.79 Å². The topological polar surface area (TPSA) is 47.9 Å². The molecule has 0 radical (unpaired) electrons. The minimum absolute atomic E-state index is 0.240. The number of amides is 2. The third-order valence-electron chi connectivity index (χ3n) is 3.45. The molecule has 0 aliphatic carbocycles. The molecule has 1 aliphatic rings. The van der Waals surface area contributed by atoms with Crippen LogP contribution in [0.1, 0.15) is 0 Å². The maximum atomic E-state index is 11.5. The van der Waals surface area contributed by atoms with Gasteiger partial charge in [0.25, 0.3) is 0 Å². The second kappa shape index (κ2) is 6.75. The van der Waals surface area contributed by atoms with E-state index in [4.69, 9.17) is 0 Å². The molecule has 118 valence electrons. The number of fused-ring (bicyclic) bond motifs is 2. The Kier molecular flexibility index (Phi) is 4.52. The normalized spacial score (nSPS) is 12.7. The van der Waals surface area contributed by atoms with Crippen molar-refractivity contribution in [2.24, 2.45) is 5.10 Å². The van der Waals surface area contributed by atoms with E-state index in [0.29, 0.717) is 6.54 Å². The Morgan fingerprint density at radius 2 is 1.70 bits per heavy atom. The Morgan fingerprint density at radius 3 is 2.26 bits per heavy atom. The third-order valence-corrected chi connectivity index (χ3v) is 4.58. The number of hydrazone groups is 1. The standard InChI is InChI=1S/C17H18N4OS/c1-20(2)17(22)19-18-11-12-21-13-7-3-5-9-15(13)23-16-10-6-4-8-14(16)21/h3-11H,12H2,1-2H3,(H,19,22)/b18-11+. The van der Waals surface area contributed by atoms with Gasteiger partial charge in [0.1, 0.15) is 0 Å². The van der Waals surface area contributed by atoms with Gasteiger partial charge in [0.15, 0.2) is 0 Å². The number of hydrogen-bond donors (Lipinski definition) is 1. The first-order valence-electron chi connectivity index (χ1n) is 7.29. The number of carbonyl (C=O) groups excluding carboxylic acids is 1. The van der Waals surface area contributed by atoms with Gasteiger partial charge in [-0.1, -0.05) is 36.0 Å². The van der Waals surface area contributed by atoms with Crippen molar-refractivity contribution in [3.63, 3.8) is 0 Å². The van der Waals surface area contributed by atoms with Crippen LogP contribution >= 0.6 is 11.8 Å². The zero-order valence-corrected chi connectivity index (χ0v) is 13.9. The smallest absolute Gasteiger partial charge is 0.334 e. The molecule has 0 saturated heterocycles. The van der Waals surface area contributed by atoms with Crippen molar-refractivity contribution in [1.82, 2.24) is 10.3 Å². The fraction of sp³-hybridized carbons (Fsp3) is 0.176. The number of anilines is 2. The van der Waals surface area contributed by atoms with Crippen LogP contribution < -0.4 is 10.3 Å². The number of para-hydroxylation sites is 2. The molecule has 3 rings (SSSR count). The molecule has 0 atom stereocenters. The monoisotopic (exact) mass is 326 g/mol. The van der Waals surface area contributed by atoms with E-state index < -0.39 is 0 Å². The molecular weight excluding hydrogens is 308 g/mol. The van der Waals surface area contributed by atoms with Crippen molar-refractivity contribution in [2.45, 2.75) is 9.79 Å². The van der Waals surface area contributed by atoms with E-state index in [-0.39, 0.29) is 6.03 Å². The fourth-order valence-electron chi connectivity index (χ4n) is 2.30. The minimum atomic E-state index is -0.240. The Labute approximate surface area is 140 Å². The van der Waals surface area contributed by atoms with E-state index in [1.54, 1.807) is 32.1 Å². The number of nitrogens with one attached hydrogen (secondary N) is 1. The molecule has 2 amide bonds. The summed E-state index contributed by atoms with van der Waals surface area (Å²) >= 11 is 1.77.